The highest BCUT2D eigenvalue weighted by molar-refractivity contribution is 8.00. The normalized spacial score (nSPS) is 20.9. The summed E-state index contributed by atoms with van der Waals surface area (Å²) in [6, 6.07) is 5.36. The molecule has 1 N–H and O–H groups in total. The number of aromatic nitrogens is 2. The SMILES string of the molecule is CCCn1c(S[C@@H](C)C(=O)N[C@@H]2CCCC[C@@H]2C)nc2cc(Cl)ccc2c1=O. The highest BCUT2D eigenvalue weighted by Gasteiger charge is 2.26. The first-order valence-electron chi connectivity index (χ1n) is 10.1. The Balaban J connectivity index is 1.84. The number of carbonyl (C=O) groups excluding carboxylic acids is 1. The minimum atomic E-state index is -0.333. The highest BCUT2D eigenvalue weighted by atomic mass is 35.5. The van der Waals surface area contributed by atoms with Crippen LogP contribution in [-0.2, 0) is 11.3 Å². The summed E-state index contributed by atoms with van der Waals surface area (Å²) in [6.45, 7) is 6.67. The topological polar surface area (TPSA) is 64.0 Å². The average molecular weight is 422 g/mol. The maximum Gasteiger partial charge on any atom is 0.262 e. The van der Waals surface area contributed by atoms with Gasteiger partial charge in [0.1, 0.15) is 0 Å². The van der Waals surface area contributed by atoms with Gasteiger partial charge in [0.25, 0.3) is 5.56 Å². The maximum absolute atomic E-state index is 12.9. The molecule has 1 heterocycles. The van der Waals surface area contributed by atoms with Crippen LogP contribution in [0.2, 0.25) is 5.02 Å². The quantitative estimate of drug-likeness (QED) is 0.545. The number of thioether (sulfide) groups is 1. The van der Waals surface area contributed by atoms with Crippen LogP contribution in [0.15, 0.2) is 28.2 Å². The summed E-state index contributed by atoms with van der Waals surface area (Å²) < 4.78 is 1.67. The summed E-state index contributed by atoms with van der Waals surface area (Å²) in [7, 11) is 0. The predicted octanol–water partition coefficient (Wildman–Crippen LogP) is 4.64. The predicted molar refractivity (Wildman–Crippen MR) is 116 cm³/mol. The molecule has 1 amide bonds. The van der Waals surface area contributed by atoms with Crippen LogP contribution in [0.1, 0.15) is 52.9 Å². The van der Waals surface area contributed by atoms with Crippen LogP contribution in [0.3, 0.4) is 0 Å². The first-order chi connectivity index (χ1) is 13.4. The number of nitrogens with zero attached hydrogens (tertiary/aromatic N) is 2. The average Bonchev–Trinajstić information content (AvgIpc) is 2.66. The van der Waals surface area contributed by atoms with E-state index in [1.807, 2.05) is 13.8 Å². The molecule has 0 unspecified atom stereocenters. The number of benzene rings is 1. The number of hydrogen-bond acceptors (Lipinski definition) is 4. The Morgan fingerprint density at radius 3 is 2.86 bits per heavy atom. The first-order valence-corrected chi connectivity index (χ1v) is 11.3. The van der Waals surface area contributed by atoms with E-state index in [1.165, 1.54) is 24.6 Å². The van der Waals surface area contributed by atoms with Crippen molar-refractivity contribution in [1.82, 2.24) is 14.9 Å². The molecule has 1 aliphatic carbocycles. The lowest BCUT2D eigenvalue weighted by atomic mass is 9.86. The molecule has 1 aromatic carbocycles. The summed E-state index contributed by atoms with van der Waals surface area (Å²) in [6.07, 6.45) is 5.42. The molecule has 5 nitrogen and oxygen atoms in total. The van der Waals surface area contributed by atoms with Crippen LogP contribution >= 0.6 is 23.4 Å². The molecule has 1 aromatic heterocycles. The smallest absolute Gasteiger partial charge is 0.262 e. The maximum atomic E-state index is 12.9. The largest absolute Gasteiger partial charge is 0.352 e. The van der Waals surface area contributed by atoms with E-state index in [-0.39, 0.29) is 22.8 Å². The van der Waals surface area contributed by atoms with Crippen molar-refractivity contribution < 1.29 is 4.79 Å². The molecule has 28 heavy (non-hydrogen) atoms. The van der Waals surface area contributed by atoms with Crippen molar-refractivity contribution in [3.63, 3.8) is 0 Å². The molecule has 1 aliphatic rings. The molecular formula is C21H28ClN3O2S. The summed E-state index contributed by atoms with van der Waals surface area (Å²) in [5, 5.41) is 4.54. The first kappa shape index (κ1) is 21.2. The van der Waals surface area contributed by atoms with Crippen LogP contribution in [-0.4, -0.2) is 26.8 Å². The van der Waals surface area contributed by atoms with E-state index in [0.29, 0.717) is 33.5 Å². The molecule has 7 heteroatoms. The Morgan fingerprint density at radius 1 is 1.39 bits per heavy atom. The van der Waals surface area contributed by atoms with Crippen molar-refractivity contribution >= 4 is 40.2 Å². The molecule has 0 radical (unpaired) electrons. The van der Waals surface area contributed by atoms with E-state index in [2.05, 4.69) is 17.2 Å². The van der Waals surface area contributed by atoms with Gasteiger partial charge in [0.05, 0.1) is 16.2 Å². The lowest BCUT2D eigenvalue weighted by Crippen LogP contribution is -2.44. The van der Waals surface area contributed by atoms with Crippen LogP contribution in [0.5, 0.6) is 0 Å². The fourth-order valence-corrected chi connectivity index (χ4v) is 4.84. The Kier molecular flexibility index (Phi) is 7.05. The van der Waals surface area contributed by atoms with Crippen LogP contribution in [0.4, 0.5) is 0 Å². The van der Waals surface area contributed by atoms with Crippen LogP contribution in [0, 0.1) is 5.92 Å². The van der Waals surface area contributed by atoms with E-state index in [1.54, 1.807) is 22.8 Å². The molecule has 2 aromatic rings. The third kappa shape index (κ3) is 4.71. The lowest BCUT2D eigenvalue weighted by molar-refractivity contribution is -0.121. The number of amides is 1. The van der Waals surface area contributed by atoms with Crippen LogP contribution in [0.25, 0.3) is 10.9 Å². The van der Waals surface area contributed by atoms with Crippen molar-refractivity contribution in [2.75, 3.05) is 0 Å². The second kappa shape index (κ2) is 9.31. The number of rotatable bonds is 6. The van der Waals surface area contributed by atoms with Gasteiger partial charge in [-0.25, -0.2) is 4.98 Å². The zero-order valence-corrected chi connectivity index (χ0v) is 18.3. The lowest BCUT2D eigenvalue weighted by Gasteiger charge is -2.30. The number of fused-ring (bicyclic) bond motifs is 1. The van der Waals surface area contributed by atoms with Gasteiger partial charge in [-0.1, -0.05) is 50.1 Å². The zero-order valence-electron chi connectivity index (χ0n) is 16.7. The fourth-order valence-electron chi connectivity index (χ4n) is 3.73. The number of hydrogen-bond donors (Lipinski definition) is 1. The van der Waals surface area contributed by atoms with Gasteiger partial charge in [-0.05, 0) is 50.3 Å². The van der Waals surface area contributed by atoms with Crippen molar-refractivity contribution in [2.24, 2.45) is 5.92 Å². The van der Waals surface area contributed by atoms with Gasteiger partial charge in [-0.15, -0.1) is 0 Å². The minimum absolute atomic E-state index is 0.00670. The van der Waals surface area contributed by atoms with Crippen molar-refractivity contribution in [2.45, 2.75) is 75.9 Å². The second-order valence-electron chi connectivity index (χ2n) is 7.65. The van der Waals surface area contributed by atoms with E-state index in [9.17, 15) is 9.59 Å². The molecule has 3 atom stereocenters. The summed E-state index contributed by atoms with van der Waals surface area (Å²) in [4.78, 5) is 30.4. The Bertz CT molecular complexity index is 914. The summed E-state index contributed by atoms with van der Waals surface area (Å²) in [5.41, 5.74) is 0.486. The van der Waals surface area contributed by atoms with Gasteiger partial charge in [-0.2, -0.15) is 0 Å². The van der Waals surface area contributed by atoms with Gasteiger partial charge in [-0.3, -0.25) is 14.2 Å². The van der Waals surface area contributed by atoms with E-state index < -0.39 is 0 Å². The molecule has 0 aliphatic heterocycles. The molecule has 0 bridgehead atoms. The Hall–Kier alpha value is -1.53. The zero-order chi connectivity index (χ0) is 20.3. The third-order valence-electron chi connectivity index (χ3n) is 5.42. The summed E-state index contributed by atoms with van der Waals surface area (Å²) >= 11 is 7.42. The molecular weight excluding hydrogens is 394 g/mol. The van der Waals surface area contributed by atoms with E-state index in [0.717, 1.165) is 19.3 Å². The Morgan fingerprint density at radius 2 is 2.14 bits per heavy atom. The van der Waals surface area contributed by atoms with E-state index in [4.69, 9.17) is 11.6 Å². The number of carbonyl (C=O) groups is 1. The van der Waals surface area contributed by atoms with Gasteiger partial charge in [0.15, 0.2) is 5.16 Å². The van der Waals surface area contributed by atoms with Gasteiger partial charge < -0.3 is 5.32 Å². The van der Waals surface area contributed by atoms with Gasteiger partial charge >= 0.3 is 0 Å². The van der Waals surface area contributed by atoms with Crippen molar-refractivity contribution in [3.8, 4) is 0 Å². The van der Waals surface area contributed by atoms with E-state index >= 15 is 0 Å². The Labute approximate surface area is 175 Å². The van der Waals surface area contributed by atoms with Crippen LogP contribution < -0.4 is 10.9 Å². The molecule has 0 saturated heterocycles. The molecule has 3 rings (SSSR count). The summed E-state index contributed by atoms with van der Waals surface area (Å²) in [5.74, 6) is 0.515. The fraction of sp³-hybridized carbons (Fsp3) is 0.571. The number of halogens is 1. The van der Waals surface area contributed by atoms with Gasteiger partial charge in [0.2, 0.25) is 5.91 Å². The monoisotopic (exact) mass is 421 g/mol. The molecule has 152 valence electrons. The molecule has 1 fully saturated rings. The third-order valence-corrected chi connectivity index (χ3v) is 6.75. The standard InChI is InChI=1S/C21H28ClN3O2S/c1-4-11-25-20(27)16-10-9-15(22)12-18(16)24-21(25)28-14(3)19(26)23-17-8-6-5-7-13(17)2/h9-10,12-14,17H,4-8,11H2,1-3H3,(H,23,26)/t13-,14-,17+/m0/s1. The van der Waals surface area contributed by atoms with Crippen molar-refractivity contribution in [3.05, 3.63) is 33.6 Å². The molecule has 1 saturated carbocycles. The number of nitrogens with one attached hydrogen (secondary N) is 1. The van der Waals surface area contributed by atoms with Gasteiger partial charge in [0, 0.05) is 17.6 Å². The minimum Gasteiger partial charge on any atom is -0.352 e. The van der Waals surface area contributed by atoms with Crippen molar-refractivity contribution in [1.29, 1.82) is 0 Å². The highest BCUT2D eigenvalue weighted by Crippen LogP contribution is 2.27. The molecule has 0 spiro atoms. The second-order valence-corrected chi connectivity index (χ2v) is 9.39.